The Morgan fingerprint density at radius 3 is 2.95 bits per heavy atom. The first-order chi connectivity index (χ1) is 9.19. The lowest BCUT2D eigenvalue weighted by atomic mass is 10.3. The molecule has 1 saturated carbocycles. The molecule has 1 aromatic heterocycles. The van der Waals surface area contributed by atoms with Crippen LogP contribution in [-0.4, -0.2) is 30.6 Å². The number of ether oxygens (including phenoxy) is 1. The van der Waals surface area contributed by atoms with Gasteiger partial charge < -0.3 is 4.74 Å². The van der Waals surface area contributed by atoms with Crippen LogP contribution in [0.15, 0.2) is 15.9 Å². The minimum atomic E-state index is -0.0893. The van der Waals surface area contributed by atoms with E-state index in [2.05, 4.69) is 32.3 Å². The minimum absolute atomic E-state index is 0.0893. The van der Waals surface area contributed by atoms with Gasteiger partial charge in [0.15, 0.2) is 0 Å². The summed E-state index contributed by atoms with van der Waals surface area (Å²) in [5.41, 5.74) is 0. The number of carbonyl (C=O) groups excluding carboxylic acids is 1. The molecule has 0 atom stereocenters. The highest BCUT2D eigenvalue weighted by molar-refractivity contribution is 9.10. The summed E-state index contributed by atoms with van der Waals surface area (Å²) < 4.78 is 6.17. The van der Waals surface area contributed by atoms with Crippen molar-refractivity contribution in [2.75, 3.05) is 19.7 Å². The zero-order valence-electron chi connectivity index (χ0n) is 11.2. The molecular formula is C14H20BrNO2S. The molecule has 1 heterocycles. The fraction of sp³-hybridized carbons (Fsp3) is 0.643. The SMILES string of the molecule is CCOC(=O)CCN(Cc1sccc1Br)CC1CC1. The van der Waals surface area contributed by atoms with Crippen molar-refractivity contribution >= 4 is 33.2 Å². The summed E-state index contributed by atoms with van der Waals surface area (Å²) in [6, 6.07) is 2.08. The lowest BCUT2D eigenvalue weighted by molar-refractivity contribution is -0.143. The third-order valence-corrected chi connectivity index (χ3v) is 5.12. The lowest BCUT2D eigenvalue weighted by Crippen LogP contribution is -2.28. The van der Waals surface area contributed by atoms with Gasteiger partial charge in [0.1, 0.15) is 0 Å². The molecule has 0 amide bonds. The van der Waals surface area contributed by atoms with Gasteiger partial charge in [0, 0.05) is 29.0 Å². The van der Waals surface area contributed by atoms with E-state index in [0.29, 0.717) is 13.0 Å². The topological polar surface area (TPSA) is 29.5 Å². The van der Waals surface area contributed by atoms with Crippen LogP contribution in [0.4, 0.5) is 0 Å². The Kier molecular flexibility index (Phi) is 5.85. The molecular weight excluding hydrogens is 326 g/mol. The standard InChI is InChI=1S/C14H20BrNO2S/c1-2-18-14(17)5-7-16(9-11-3-4-11)10-13-12(15)6-8-19-13/h6,8,11H,2-5,7,9-10H2,1H3. The summed E-state index contributed by atoms with van der Waals surface area (Å²) in [5, 5.41) is 2.10. The molecule has 0 aromatic carbocycles. The number of rotatable bonds is 8. The van der Waals surface area contributed by atoms with Gasteiger partial charge in [0.2, 0.25) is 0 Å². The number of hydrogen-bond acceptors (Lipinski definition) is 4. The van der Waals surface area contributed by atoms with Crippen molar-refractivity contribution in [3.8, 4) is 0 Å². The highest BCUT2D eigenvalue weighted by Gasteiger charge is 2.25. The van der Waals surface area contributed by atoms with Crippen LogP contribution in [0.1, 0.15) is 31.1 Å². The third kappa shape index (κ3) is 5.24. The van der Waals surface area contributed by atoms with E-state index >= 15 is 0 Å². The van der Waals surface area contributed by atoms with Crippen LogP contribution >= 0.6 is 27.3 Å². The van der Waals surface area contributed by atoms with Crippen molar-refractivity contribution in [1.29, 1.82) is 0 Å². The molecule has 19 heavy (non-hydrogen) atoms. The van der Waals surface area contributed by atoms with Gasteiger partial charge in [-0.1, -0.05) is 0 Å². The molecule has 1 fully saturated rings. The normalized spacial score (nSPS) is 14.9. The molecule has 2 rings (SSSR count). The van der Waals surface area contributed by atoms with Gasteiger partial charge in [0.25, 0.3) is 0 Å². The van der Waals surface area contributed by atoms with Gasteiger partial charge in [0.05, 0.1) is 13.0 Å². The van der Waals surface area contributed by atoms with Crippen LogP contribution in [0.25, 0.3) is 0 Å². The molecule has 5 heteroatoms. The predicted octanol–water partition coefficient (Wildman–Crippen LogP) is 3.68. The average Bonchev–Trinajstić information content (AvgIpc) is 3.10. The molecule has 3 nitrogen and oxygen atoms in total. The van der Waals surface area contributed by atoms with Gasteiger partial charge in [-0.25, -0.2) is 0 Å². The maximum Gasteiger partial charge on any atom is 0.307 e. The molecule has 0 unspecified atom stereocenters. The zero-order chi connectivity index (χ0) is 13.7. The van der Waals surface area contributed by atoms with Crippen molar-refractivity contribution in [3.05, 3.63) is 20.8 Å². The number of nitrogens with zero attached hydrogens (tertiary/aromatic N) is 1. The fourth-order valence-corrected chi connectivity index (χ4v) is 3.54. The van der Waals surface area contributed by atoms with E-state index in [1.54, 1.807) is 11.3 Å². The van der Waals surface area contributed by atoms with Crippen molar-refractivity contribution < 1.29 is 9.53 Å². The van der Waals surface area contributed by atoms with Crippen molar-refractivity contribution in [3.63, 3.8) is 0 Å². The van der Waals surface area contributed by atoms with Gasteiger partial charge in [-0.05, 0) is 53.1 Å². The molecule has 0 N–H and O–H groups in total. The monoisotopic (exact) mass is 345 g/mol. The first-order valence-electron chi connectivity index (χ1n) is 6.79. The quantitative estimate of drug-likeness (QED) is 0.673. The molecule has 0 bridgehead atoms. The molecule has 1 aliphatic carbocycles. The Morgan fingerprint density at radius 1 is 1.58 bits per heavy atom. The second-order valence-corrected chi connectivity index (χ2v) is 6.78. The highest BCUT2D eigenvalue weighted by atomic mass is 79.9. The molecule has 0 aliphatic heterocycles. The second kappa shape index (κ2) is 7.41. The third-order valence-electron chi connectivity index (χ3n) is 3.21. The summed E-state index contributed by atoms with van der Waals surface area (Å²) in [4.78, 5) is 15.2. The van der Waals surface area contributed by atoms with Gasteiger partial charge in [-0.3, -0.25) is 9.69 Å². The Bertz CT molecular complexity index is 417. The van der Waals surface area contributed by atoms with E-state index in [-0.39, 0.29) is 5.97 Å². The van der Waals surface area contributed by atoms with E-state index in [1.807, 2.05) is 6.92 Å². The zero-order valence-corrected chi connectivity index (χ0v) is 13.6. The number of esters is 1. The molecule has 106 valence electrons. The predicted molar refractivity (Wildman–Crippen MR) is 81.3 cm³/mol. The maximum atomic E-state index is 11.5. The summed E-state index contributed by atoms with van der Waals surface area (Å²) >= 11 is 5.34. The smallest absolute Gasteiger partial charge is 0.307 e. The van der Waals surface area contributed by atoms with E-state index in [0.717, 1.165) is 25.6 Å². The number of thiophene rings is 1. The van der Waals surface area contributed by atoms with Gasteiger partial charge in [-0.15, -0.1) is 11.3 Å². The van der Waals surface area contributed by atoms with Crippen LogP contribution in [0.2, 0.25) is 0 Å². The van der Waals surface area contributed by atoms with E-state index in [4.69, 9.17) is 4.74 Å². The fourth-order valence-electron chi connectivity index (χ4n) is 2.02. The Morgan fingerprint density at radius 2 is 2.37 bits per heavy atom. The number of hydrogen-bond donors (Lipinski definition) is 0. The Hall–Kier alpha value is -0.390. The van der Waals surface area contributed by atoms with Crippen molar-refractivity contribution in [2.24, 2.45) is 5.92 Å². The molecule has 1 aromatic rings. The lowest BCUT2D eigenvalue weighted by Gasteiger charge is -2.21. The molecule has 0 saturated heterocycles. The van der Waals surface area contributed by atoms with E-state index < -0.39 is 0 Å². The first-order valence-corrected chi connectivity index (χ1v) is 8.46. The largest absolute Gasteiger partial charge is 0.466 e. The van der Waals surface area contributed by atoms with Crippen LogP contribution in [0, 0.1) is 5.92 Å². The molecule has 1 aliphatic rings. The van der Waals surface area contributed by atoms with Crippen molar-refractivity contribution in [1.82, 2.24) is 4.90 Å². The maximum absolute atomic E-state index is 11.5. The van der Waals surface area contributed by atoms with Crippen LogP contribution in [0.3, 0.4) is 0 Å². The van der Waals surface area contributed by atoms with Crippen LogP contribution in [-0.2, 0) is 16.1 Å². The molecule has 0 radical (unpaired) electrons. The Balaban J connectivity index is 1.84. The van der Waals surface area contributed by atoms with E-state index in [9.17, 15) is 4.79 Å². The Labute approximate surface area is 127 Å². The molecule has 0 spiro atoms. The second-order valence-electron chi connectivity index (χ2n) is 4.93. The van der Waals surface area contributed by atoms with Crippen molar-refractivity contribution in [2.45, 2.75) is 32.7 Å². The summed E-state index contributed by atoms with van der Waals surface area (Å²) in [5.74, 6) is 0.745. The van der Waals surface area contributed by atoms with Gasteiger partial charge in [-0.2, -0.15) is 0 Å². The summed E-state index contributed by atoms with van der Waals surface area (Å²) in [7, 11) is 0. The van der Waals surface area contributed by atoms with E-state index in [1.165, 1.54) is 22.2 Å². The highest BCUT2D eigenvalue weighted by Crippen LogP contribution is 2.31. The number of halogens is 1. The summed E-state index contributed by atoms with van der Waals surface area (Å²) in [6.45, 7) is 5.14. The average molecular weight is 346 g/mol. The summed E-state index contributed by atoms with van der Waals surface area (Å²) in [6.07, 6.45) is 3.16. The first kappa shape index (κ1) is 15.0. The van der Waals surface area contributed by atoms with Gasteiger partial charge >= 0.3 is 5.97 Å². The minimum Gasteiger partial charge on any atom is -0.466 e. The number of carbonyl (C=O) groups is 1. The van der Waals surface area contributed by atoms with Crippen LogP contribution in [0.5, 0.6) is 0 Å². The van der Waals surface area contributed by atoms with Crippen LogP contribution < -0.4 is 0 Å².